The summed E-state index contributed by atoms with van der Waals surface area (Å²) in [6, 6.07) is 7.95. The lowest BCUT2D eigenvalue weighted by Gasteiger charge is -2.32. The van der Waals surface area contributed by atoms with Crippen molar-refractivity contribution in [2.45, 2.75) is 76.3 Å². The van der Waals surface area contributed by atoms with Gasteiger partial charge in [0, 0.05) is 37.3 Å². The molecule has 0 N–H and O–H groups in total. The Morgan fingerprint density at radius 1 is 0.654 bits per heavy atom. The van der Waals surface area contributed by atoms with Crippen molar-refractivity contribution in [2.24, 2.45) is 0 Å². The van der Waals surface area contributed by atoms with Crippen molar-refractivity contribution in [3.63, 3.8) is 0 Å². The van der Waals surface area contributed by atoms with Crippen LogP contribution in [0, 0.1) is 0 Å². The predicted octanol–water partition coefficient (Wildman–Crippen LogP) is 4.50. The molecule has 2 aliphatic rings. The molecule has 0 saturated heterocycles. The third kappa shape index (κ3) is 4.28. The monoisotopic (exact) mass is 356 g/mol. The second-order valence-corrected chi connectivity index (χ2v) is 7.99. The Morgan fingerprint density at radius 2 is 0.962 bits per heavy atom. The Hall–Kier alpha value is -1.84. The molecule has 3 rings (SSSR count). The summed E-state index contributed by atoms with van der Waals surface area (Å²) < 4.78 is 0. The largest absolute Gasteiger partial charge is 0.339 e. The highest BCUT2D eigenvalue weighted by Crippen LogP contribution is 2.24. The van der Waals surface area contributed by atoms with Crippen LogP contribution in [0.1, 0.15) is 84.9 Å². The Kier molecular flexibility index (Phi) is 6.33. The van der Waals surface area contributed by atoms with Crippen molar-refractivity contribution in [1.29, 1.82) is 0 Å². The molecule has 2 amide bonds. The van der Waals surface area contributed by atoms with Gasteiger partial charge in [-0.2, -0.15) is 0 Å². The van der Waals surface area contributed by atoms with Gasteiger partial charge >= 0.3 is 0 Å². The number of amides is 2. The van der Waals surface area contributed by atoms with Gasteiger partial charge in [0.1, 0.15) is 0 Å². The number of rotatable bonds is 4. The molecule has 4 nitrogen and oxygen atoms in total. The lowest BCUT2D eigenvalue weighted by atomic mass is 9.93. The van der Waals surface area contributed by atoms with Gasteiger partial charge in [-0.05, 0) is 49.9 Å². The molecule has 0 atom stereocenters. The van der Waals surface area contributed by atoms with Crippen LogP contribution in [0.15, 0.2) is 24.3 Å². The zero-order valence-electron chi connectivity index (χ0n) is 16.2. The predicted molar refractivity (Wildman–Crippen MR) is 104 cm³/mol. The van der Waals surface area contributed by atoms with Crippen molar-refractivity contribution in [2.75, 3.05) is 14.1 Å². The third-order valence-corrected chi connectivity index (χ3v) is 6.26. The Morgan fingerprint density at radius 3 is 1.27 bits per heavy atom. The van der Waals surface area contributed by atoms with E-state index in [2.05, 4.69) is 0 Å². The van der Waals surface area contributed by atoms with Crippen LogP contribution in [0.2, 0.25) is 0 Å². The normalized spacial score (nSPS) is 19.2. The second-order valence-electron chi connectivity index (χ2n) is 7.99. The van der Waals surface area contributed by atoms with E-state index in [-0.39, 0.29) is 11.8 Å². The minimum Gasteiger partial charge on any atom is -0.339 e. The minimum absolute atomic E-state index is 0.0662. The SMILES string of the molecule is CN(C(=O)c1ccc(C(=O)N(C)C2CCCCC2)cc1)C1CCCCC1. The molecule has 2 saturated carbocycles. The van der Waals surface area contributed by atoms with Crippen molar-refractivity contribution in [3.8, 4) is 0 Å². The van der Waals surface area contributed by atoms with Gasteiger partial charge in [0.2, 0.25) is 0 Å². The van der Waals surface area contributed by atoms with E-state index in [4.69, 9.17) is 0 Å². The van der Waals surface area contributed by atoms with E-state index >= 15 is 0 Å². The maximum absolute atomic E-state index is 12.7. The summed E-state index contributed by atoms with van der Waals surface area (Å²) in [5, 5.41) is 0. The zero-order chi connectivity index (χ0) is 18.5. The molecular weight excluding hydrogens is 324 g/mol. The van der Waals surface area contributed by atoms with Crippen LogP contribution in [0.25, 0.3) is 0 Å². The number of hydrogen-bond donors (Lipinski definition) is 0. The first-order chi connectivity index (χ1) is 12.6. The van der Waals surface area contributed by atoms with Gasteiger partial charge in [-0.25, -0.2) is 0 Å². The molecule has 142 valence electrons. The first-order valence-corrected chi connectivity index (χ1v) is 10.2. The smallest absolute Gasteiger partial charge is 0.253 e. The molecule has 2 aliphatic carbocycles. The van der Waals surface area contributed by atoms with Crippen molar-refractivity contribution in [3.05, 3.63) is 35.4 Å². The molecule has 0 spiro atoms. The molecular formula is C22H32N2O2. The van der Waals surface area contributed by atoms with Gasteiger partial charge in [0.05, 0.1) is 0 Å². The van der Waals surface area contributed by atoms with Gasteiger partial charge in [0.25, 0.3) is 11.8 Å². The molecule has 4 heteroatoms. The second kappa shape index (κ2) is 8.70. The van der Waals surface area contributed by atoms with Gasteiger partial charge in [-0.15, -0.1) is 0 Å². The number of hydrogen-bond acceptors (Lipinski definition) is 2. The first kappa shape index (κ1) is 18.9. The molecule has 1 aromatic rings. The number of benzene rings is 1. The molecule has 0 unspecified atom stereocenters. The van der Waals surface area contributed by atoms with Crippen LogP contribution in [-0.2, 0) is 0 Å². The molecule has 0 radical (unpaired) electrons. The fraction of sp³-hybridized carbons (Fsp3) is 0.636. The average Bonchev–Trinajstić information content (AvgIpc) is 2.73. The molecule has 1 aromatic carbocycles. The van der Waals surface area contributed by atoms with E-state index in [1.807, 2.05) is 48.2 Å². The van der Waals surface area contributed by atoms with Gasteiger partial charge in [-0.1, -0.05) is 38.5 Å². The number of nitrogens with zero attached hydrogens (tertiary/aromatic N) is 2. The van der Waals surface area contributed by atoms with Crippen LogP contribution in [-0.4, -0.2) is 47.8 Å². The Balaban J connectivity index is 1.63. The van der Waals surface area contributed by atoms with Crippen LogP contribution in [0.5, 0.6) is 0 Å². The van der Waals surface area contributed by atoms with E-state index in [1.54, 1.807) is 0 Å². The average molecular weight is 357 g/mol. The standard InChI is InChI=1S/C22H32N2O2/c1-23(19-9-5-3-6-10-19)21(25)17-13-15-18(16-14-17)22(26)24(2)20-11-7-4-8-12-20/h13-16,19-20H,3-12H2,1-2H3. The Labute approximate surface area is 157 Å². The van der Waals surface area contributed by atoms with Gasteiger partial charge < -0.3 is 9.80 Å². The first-order valence-electron chi connectivity index (χ1n) is 10.2. The molecule has 26 heavy (non-hydrogen) atoms. The lowest BCUT2D eigenvalue weighted by molar-refractivity contribution is 0.0684. The summed E-state index contributed by atoms with van der Waals surface area (Å²) in [6.07, 6.45) is 11.8. The zero-order valence-corrected chi connectivity index (χ0v) is 16.2. The summed E-state index contributed by atoms with van der Waals surface area (Å²) in [6.45, 7) is 0. The van der Waals surface area contributed by atoms with E-state index in [0.29, 0.717) is 23.2 Å². The maximum Gasteiger partial charge on any atom is 0.253 e. The van der Waals surface area contributed by atoms with E-state index in [0.717, 1.165) is 25.7 Å². The molecule has 0 aliphatic heterocycles. The highest BCUT2D eigenvalue weighted by molar-refractivity contribution is 5.97. The highest BCUT2D eigenvalue weighted by Gasteiger charge is 2.25. The minimum atomic E-state index is 0.0662. The third-order valence-electron chi connectivity index (χ3n) is 6.26. The van der Waals surface area contributed by atoms with Gasteiger partial charge in [0.15, 0.2) is 0 Å². The Bertz CT molecular complexity index is 559. The van der Waals surface area contributed by atoms with Crippen LogP contribution in [0.3, 0.4) is 0 Å². The van der Waals surface area contributed by atoms with Gasteiger partial charge in [-0.3, -0.25) is 9.59 Å². The van der Waals surface area contributed by atoms with Crippen LogP contribution < -0.4 is 0 Å². The molecule has 0 bridgehead atoms. The highest BCUT2D eigenvalue weighted by atomic mass is 16.2. The van der Waals surface area contributed by atoms with E-state index < -0.39 is 0 Å². The van der Waals surface area contributed by atoms with Crippen LogP contribution >= 0.6 is 0 Å². The van der Waals surface area contributed by atoms with Crippen molar-refractivity contribution in [1.82, 2.24) is 9.80 Å². The summed E-state index contributed by atoms with van der Waals surface area (Å²) in [5.41, 5.74) is 1.35. The van der Waals surface area contributed by atoms with Crippen molar-refractivity contribution < 1.29 is 9.59 Å². The van der Waals surface area contributed by atoms with E-state index in [1.165, 1.54) is 38.5 Å². The summed E-state index contributed by atoms with van der Waals surface area (Å²) in [7, 11) is 3.82. The topological polar surface area (TPSA) is 40.6 Å². The molecule has 2 fully saturated rings. The quantitative estimate of drug-likeness (QED) is 0.797. The summed E-state index contributed by atoms with van der Waals surface area (Å²) in [4.78, 5) is 29.3. The molecule has 0 heterocycles. The lowest BCUT2D eigenvalue weighted by Crippen LogP contribution is -2.39. The number of carbonyl (C=O) groups is 2. The van der Waals surface area contributed by atoms with Crippen LogP contribution in [0.4, 0.5) is 0 Å². The van der Waals surface area contributed by atoms with E-state index in [9.17, 15) is 9.59 Å². The van der Waals surface area contributed by atoms with Crippen molar-refractivity contribution >= 4 is 11.8 Å². The summed E-state index contributed by atoms with van der Waals surface area (Å²) in [5.74, 6) is 0.132. The fourth-order valence-electron chi connectivity index (χ4n) is 4.43. The fourth-order valence-corrected chi connectivity index (χ4v) is 4.43. The molecule has 0 aromatic heterocycles. The number of carbonyl (C=O) groups excluding carboxylic acids is 2. The summed E-state index contributed by atoms with van der Waals surface area (Å²) >= 11 is 0. The maximum atomic E-state index is 12.7.